The fraction of sp³-hybridized carbons (Fsp3) is 0.423. The van der Waals surface area contributed by atoms with Gasteiger partial charge in [-0.25, -0.2) is 0 Å². The summed E-state index contributed by atoms with van der Waals surface area (Å²) in [5.41, 5.74) is 2.75. The lowest BCUT2D eigenvalue weighted by Gasteiger charge is -2.46. The van der Waals surface area contributed by atoms with E-state index in [2.05, 4.69) is 45.5 Å². The Labute approximate surface area is 189 Å². The van der Waals surface area contributed by atoms with Crippen LogP contribution in [0.3, 0.4) is 0 Å². The molecule has 0 aliphatic carbocycles. The first-order valence-corrected chi connectivity index (χ1v) is 11.6. The molecule has 6 nitrogen and oxygen atoms in total. The van der Waals surface area contributed by atoms with Crippen LogP contribution >= 0.6 is 0 Å². The van der Waals surface area contributed by atoms with Gasteiger partial charge in [0, 0.05) is 50.6 Å². The Hall–Kier alpha value is -2.83. The third-order valence-corrected chi connectivity index (χ3v) is 6.88. The van der Waals surface area contributed by atoms with Gasteiger partial charge in [0.2, 0.25) is 0 Å². The zero-order chi connectivity index (χ0) is 21.8. The van der Waals surface area contributed by atoms with Gasteiger partial charge in [0.05, 0.1) is 22.4 Å². The number of rotatable bonds is 5. The lowest BCUT2D eigenvalue weighted by atomic mass is 9.79. The van der Waals surface area contributed by atoms with Crippen LogP contribution in [0.25, 0.3) is 10.9 Å². The minimum Gasteiger partial charge on any atom is -0.375 e. The Balaban J connectivity index is 1.13. The molecule has 0 saturated carbocycles. The number of hydrogen-bond donors (Lipinski definition) is 1. The molecular weight excluding hydrogens is 400 g/mol. The third-order valence-electron chi connectivity index (χ3n) is 6.88. The minimum absolute atomic E-state index is 0.0450. The Bertz CT molecular complexity index is 1060. The number of nitrogens with zero attached hydrogens (tertiary/aromatic N) is 3. The molecule has 2 fully saturated rings. The number of hydrogen-bond acceptors (Lipinski definition) is 5. The maximum atomic E-state index is 12.4. The molecule has 2 aliphatic heterocycles. The van der Waals surface area contributed by atoms with E-state index >= 15 is 0 Å². The van der Waals surface area contributed by atoms with E-state index in [1.54, 1.807) is 24.5 Å². The van der Waals surface area contributed by atoms with Crippen LogP contribution in [0.4, 0.5) is 0 Å². The zero-order valence-electron chi connectivity index (χ0n) is 18.4. The van der Waals surface area contributed by atoms with Crippen LogP contribution in [0.1, 0.15) is 41.7 Å². The number of para-hydroxylation sites is 1. The largest absolute Gasteiger partial charge is 0.375 e. The number of benzene rings is 1. The maximum absolute atomic E-state index is 12.4. The van der Waals surface area contributed by atoms with E-state index in [0.29, 0.717) is 18.0 Å². The van der Waals surface area contributed by atoms with Crippen molar-refractivity contribution >= 4 is 16.8 Å². The van der Waals surface area contributed by atoms with Crippen LogP contribution in [-0.2, 0) is 11.3 Å². The maximum Gasteiger partial charge on any atom is 0.252 e. The number of piperidine rings is 1. The van der Waals surface area contributed by atoms with Crippen LogP contribution in [-0.4, -0.2) is 52.6 Å². The molecular formula is C26H30N4O2. The van der Waals surface area contributed by atoms with Crippen LogP contribution < -0.4 is 5.32 Å². The van der Waals surface area contributed by atoms with Gasteiger partial charge >= 0.3 is 0 Å². The smallest absolute Gasteiger partial charge is 0.252 e. The summed E-state index contributed by atoms with van der Waals surface area (Å²) >= 11 is 0. The first-order valence-electron chi connectivity index (χ1n) is 11.6. The van der Waals surface area contributed by atoms with Gasteiger partial charge in [-0.2, -0.15) is 0 Å². The van der Waals surface area contributed by atoms with Gasteiger partial charge in [-0.15, -0.1) is 0 Å². The molecule has 2 saturated heterocycles. The highest BCUT2D eigenvalue weighted by atomic mass is 16.5. The SMILES string of the molecule is O=C(NCC1CCOC2(CCN(Cc3ccc4ccccc4n3)CC2)C1)c1cccnc1. The predicted octanol–water partition coefficient (Wildman–Crippen LogP) is 3.82. The second-order valence-corrected chi connectivity index (χ2v) is 9.11. The Morgan fingerprint density at radius 2 is 2.00 bits per heavy atom. The van der Waals surface area contributed by atoms with E-state index in [9.17, 15) is 4.79 Å². The number of aromatic nitrogens is 2. The van der Waals surface area contributed by atoms with Crippen molar-refractivity contribution < 1.29 is 9.53 Å². The number of carbonyl (C=O) groups excluding carboxylic acids is 1. The summed E-state index contributed by atoms with van der Waals surface area (Å²) < 4.78 is 6.32. The Morgan fingerprint density at radius 1 is 1.12 bits per heavy atom. The van der Waals surface area contributed by atoms with Crippen LogP contribution in [0.15, 0.2) is 60.9 Å². The molecule has 5 rings (SSSR count). The van der Waals surface area contributed by atoms with Crippen molar-refractivity contribution in [2.75, 3.05) is 26.2 Å². The summed E-state index contributed by atoms with van der Waals surface area (Å²) in [7, 11) is 0. The number of fused-ring (bicyclic) bond motifs is 1. The van der Waals surface area contributed by atoms with Crippen LogP contribution in [0, 0.1) is 5.92 Å². The third kappa shape index (κ3) is 4.81. The summed E-state index contributed by atoms with van der Waals surface area (Å²) in [4.78, 5) is 23.7. The Kier molecular flexibility index (Phi) is 6.14. The van der Waals surface area contributed by atoms with Gasteiger partial charge in [-0.1, -0.05) is 24.3 Å². The van der Waals surface area contributed by atoms with Crippen molar-refractivity contribution in [3.05, 3.63) is 72.2 Å². The van der Waals surface area contributed by atoms with E-state index in [4.69, 9.17) is 9.72 Å². The highest BCUT2D eigenvalue weighted by molar-refractivity contribution is 5.93. The van der Waals surface area contributed by atoms with Crippen molar-refractivity contribution in [1.29, 1.82) is 0 Å². The molecule has 3 aromatic rings. The Morgan fingerprint density at radius 3 is 2.84 bits per heavy atom. The standard InChI is InChI=1S/C26H30N4O2/c31-25(22-5-3-12-27-18-22)28-17-20-9-15-32-26(16-20)10-13-30(14-11-26)19-23-8-7-21-4-1-2-6-24(21)29-23/h1-8,12,18,20H,9-11,13-17,19H2,(H,28,31). The molecule has 2 aromatic heterocycles. The molecule has 0 bridgehead atoms. The number of amides is 1. The molecule has 2 aliphatic rings. The van der Waals surface area contributed by atoms with Gasteiger partial charge < -0.3 is 10.1 Å². The van der Waals surface area contributed by atoms with E-state index in [0.717, 1.165) is 63.1 Å². The van der Waals surface area contributed by atoms with Gasteiger partial charge in [0.25, 0.3) is 5.91 Å². The highest BCUT2D eigenvalue weighted by Gasteiger charge is 2.40. The first kappa shape index (κ1) is 21.0. The van der Waals surface area contributed by atoms with E-state index in [1.807, 2.05) is 6.07 Å². The molecule has 1 spiro atoms. The average molecular weight is 431 g/mol. The van der Waals surface area contributed by atoms with E-state index in [-0.39, 0.29) is 11.5 Å². The fourth-order valence-electron chi connectivity index (χ4n) is 5.03. The van der Waals surface area contributed by atoms with Crippen molar-refractivity contribution in [3.63, 3.8) is 0 Å². The quantitative estimate of drug-likeness (QED) is 0.667. The van der Waals surface area contributed by atoms with Gasteiger partial charge in [0.1, 0.15) is 0 Å². The molecule has 6 heteroatoms. The number of ether oxygens (including phenoxy) is 1. The summed E-state index contributed by atoms with van der Waals surface area (Å²) in [5.74, 6) is 0.412. The molecule has 1 atom stereocenters. The summed E-state index contributed by atoms with van der Waals surface area (Å²) in [6.45, 7) is 4.39. The lowest BCUT2D eigenvalue weighted by Crippen LogP contribution is -2.50. The molecule has 4 heterocycles. The highest BCUT2D eigenvalue weighted by Crippen LogP contribution is 2.37. The average Bonchev–Trinajstić information content (AvgIpc) is 2.85. The number of nitrogens with one attached hydrogen (secondary N) is 1. The van der Waals surface area contributed by atoms with Gasteiger partial charge in [-0.05, 0) is 55.9 Å². The second-order valence-electron chi connectivity index (χ2n) is 9.11. The zero-order valence-corrected chi connectivity index (χ0v) is 18.4. The monoisotopic (exact) mass is 430 g/mol. The van der Waals surface area contributed by atoms with Crippen molar-refractivity contribution in [3.8, 4) is 0 Å². The summed E-state index contributed by atoms with van der Waals surface area (Å²) in [6, 6.07) is 16.2. The normalized spacial score (nSPS) is 20.9. The molecule has 1 N–H and O–H groups in total. The first-order chi connectivity index (χ1) is 15.7. The molecule has 1 amide bonds. The van der Waals surface area contributed by atoms with E-state index in [1.165, 1.54) is 5.39 Å². The van der Waals surface area contributed by atoms with Crippen molar-refractivity contribution in [1.82, 2.24) is 20.2 Å². The van der Waals surface area contributed by atoms with Crippen LogP contribution in [0.5, 0.6) is 0 Å². The van der Waals surface area contributed by atoms with Crippen LogP contribution in [0.2, 0.25) is 0 Å². The van der Waals surface area contributed by atoms with Gasteiger partial charge in [0.15, 0.2) is 0 Å². The summed E-state index contributed by atoms with van der Waals surface area (Å²) in [5, 5.41) is 4.28. The lowest BCUT2D eigenvalue weighted by molar-refractivity contribution is -0.127. The molecule has 1 aromatic carbocycles. The topological polar surface area (TPSA) is 67.3 Å². The molecule has 0 radical (unpaired) electrons. The number of carbonyl (C=O) groups is 1. The molecule has 32 heavy (non-hydrogen) atoms. The summed E-state index contributed by atoms with van der Waals surface area (Å²) in [6.07, 6.45) is 7.38. The minimum atomic E-state index is -0.0464. The molecule has 166 valence electrons. The fourth-order valence-corrected chi connectivity index (χ4v) is 5.03. The van der Waals surface area contributed by atoms with E-state index < -0.39 is 0 Å². The van der Waals surface area contributed by atoms with Crippen molar-refractivity contribution in [2.24, 2.45) is 5.92 Å². The second kappa shape index (κ2) is 9.35. The number of likely N-dealkylation sites (tertiary alicyclic amines) is 1. The number of pyridine rings is 2. The predicted molar refractivity (Wildman–Crippen MR) is 124 cm³/mol. The molecule has 1 unspecified atom stereocenters. The van der Waals surface area contributed by atoms with Gasteiger partial charge in [-0.3, -0.25) is 19.7 Å². The van der Waals surface area contributed by atoms with Crippen molar-refractivity contribution in [2.45, 2.75) is 37.8 Å².